The number of thioether (sulfide) groups is 1. The molecule has 130 valence electrons. The van der Waals surface area contributed by atoms with Gasteiger partial charge in [-0.05, 0) is 37.3 Å². The summed E-state index contributed by atoms with van der Waals surface area (Å²) in [6.07, 6.45) is 2.42. The summed E-state index contributed by atoms with van der Waals surface area (Å²) < 4.78 is 0. The third-order valence-electron chi connectivity index (χ3n) is 4.33. The predicted molar refractivity (Wildman–Crippen MR) is 103 cm³/mol. The van der Waals surface area contributed by atoms with Gasteiger partial charge in [0.2, 0.25) is 5.91 Å². The molecule has 3 rings (SSSR count). The number of rotatable bonds is 6. The number of aliphatic hydroxyl groups is 1. The van der Waals surface area contributed by atoms with Gasteiger partial charge in [0, 0.05) is 10.6 Å². The number of amides is 1. The molecule has 1 aromatic heterocycles. The molecule has 1 heterocycles. The smallest absolute Gasteiger partial charge is 0.237 e. The molecule has 1 aliphatic rings. The molecular formula is C19H20N2O2S2. The van der Waals surface area contributed by atoms with Gasteiger partial charge in [-0.3, -0.25) is 4.79 Å². The van der Waals surface area contributed by atoms with E-state index in [9.17, 15) is 15.2 Å². The maximum Gasteiger partial charge on any atom is 0.237 e. The summed E-state index contributed by atoms with van der Waals surface area (Å²) >= 11 is 2.94. The molecule has 4 nitrogen and oxygen atoms in total. The van der Waals surface area contributed by atoms with Gasteiger partial charge >= 0.3 is 0 Å². The second kappa shape index (κ2) is 8.05. The molecule has 25 heavy (non-hydrogen) atoms. The van der Waals surface area contributed by atoms with Crippen molar-refractivity contribution in [3.8, 4) is 6.07 Å². The highest BCUT2D eigenvalue weighted by Gasteiger charge is 2.24. The van der Waals surface area contributed by atoms with Crippen LogP contribution < -0.4 is 5.32 Å². The molecule has 2 atom stereocenters. The number of fused-ring (bicyclic) bond motifs is 1. The zero-order chi connectivity index (χ0) is 17.8. The normalized spacial score (nSPS) is 15.2. The van der Waals surface area contributed by atoms with Gasteiger partial charge in [-0.15, -0.1) is 23.1 Å². The van der Waals surface area contributed by atoms with E-state index in [1.165, 1.54) is 28.0 Å². The lowest BCUT2D eigenvalue weighted by Crippen LogP contribution is -2.23. The highest BCUT2D eigenvalue weighted by atomic mass is 32.2. The van der Waals surface area contributed by atoms with E-state index in [1.807, 2.05) is 37.3 Å². The number of aliphatic hydroxyl groups excluding tert-OH is 1. The molecular weight excluding hydrogens is 352 g/mol. The van der Waals surface area contributed by atoms with Crippen molar-refractivity contribution in [3.63, 3.8) is 0 Å². The zero-order valence-electron chi connectivity index (χ0n) is 14.0. The number of benzene rings is 1. The van der Waals surface area contributed by atoms with Gasteiger partial charge in [-0.2, -0.15) is 5.26 Å². The average molecular weight is 373 g/mol. The fourth-order valence-corrected chi connectivity index (χ4v) is 5.02. The second-order valence-electron chi connectivity index (χ2n) is 6.06. The minimum absolute atomic E-state index is 0.123. The summed E-state index contributed by atoms with van der Waals surface area (Å²) in [7, 11) is 0. The van der Waals surface area contributed by atoms with Crippen LogP contribution in [0.5, 0.6) is 0 Å². The van der Waals surface area contributed by atoms with Crippen LogP contribution in [0.25, 0.3) is 0 Å². The second-order valence-corrected chi connectivity index (χ2v) is 8.54. The van der Waals surface area contributed by atoms with E-state index in [4.69, 9.17) is 0 Å². The fourth-order valence-electron chi connectivity index (χ4n) is 2.91. The number of nitrogens with zero attached hydrogens (tertiary/aromatic N) is 1. The lowest BCUT2D eigenvalue weighted by molar-refractivity contribution is -0.115. The van der Waals surface area contributed by atoms with Crippen LogP contribution in [0.3, 0.4) is 0 Å². The molecule has 0 aliphatic heterocycles. The summed E-state index contributed by atoms with van der Waals surface area (Å²) in [6.45, 7) is 1.82. The van der Waals surface area contributed by atoms with E-state index in [1.54, 1.807) is 0 Å². The third-order valence-corrected chi connectivity index (χ3v) is 6.76. The Morgan fingerprint density at radius 3 is 2.88 bits per heavy atom. The lowest BCUT2D eigenvalue weighted by atomic mass is 10.1. The quantitative estimate of drug-likeness (QED) is 0.806. The van der Waals surface area contributed by atoms with Gasteiger partial charge in [0.15, 0.2) is 0 Å². The molecule has 0 saturated carbocycles. The first-order valence-corrected chi connectivity index (χ1v) is 10.2. The Morgan fingerprint density at radius 2 is 2.16 bits per heavy atom. The van der Waals surface area contributed by atoms with Gasteiger partial charge < -0.3 is 10.4 Å². The maximum atomic E-state index is 12.4. The lowest BCUT2D eigenvalue weighted by Gasteiger charge is -2.15. The Labute approximate surface area is 155 Å². The summed E-state index contributed by atoms with van der Waals surface area (Å²) in [5, 5.41) is 22.9. The number of carbonyl (C=O) groups is 1. The maximum absolute atomic E-state index is 12.4. The molecule has 0 saturated heterocycles. The van der Waals surface area contributed by atoms with Crippen molar-refractivity contribution in [3.05, 3.63) is 51.9 Å². The Balaban J connectivity index is 1.58. The van der Waals surface area contributed by atoms with Crippen molar-refractivity contribution in [2.45, 2.75) is 37.5 Å². The van der Waals surface area contributed by atoms with Crippen LogP contribution in [0.15, 0.2) is 30.3 Å². The number of hydrogen-bond acceptors (Lipinski definition) is 5. The first kappa shape index (κ1) is 18.0. The number of aryl methyl sites for hydroxylation is 1. The number of anilines is 1. The minimum atomic E-state index is -0.596. The Bertz CT molecular complexity index is 796. The van der Waals surface area contributed by atoms with Crippen LogP contribution in [0.4, 0.5) is 5.00 Å². The molecule has 1 aromatic carbocycles. The van der Waals surface area contributed by atoms with Gasteiger partial charge in [0.1, 0.15) is 11.1 Å². The summed E-state index contributed by atoms with van der Waals surface area (Å²) in [6, 6.07) is 11.7. The van der Waals surface area contributed by atoms with E-state index >= 15 is 0 Å². The third kappa shape index (κ3) is 4.06. The van der Waals surface area contributed by atoms with E-state index in [-0.39, 0.29) is 11.2 Å². The molecule has 0 radical (unpaired) electrons. The zero-order valence-corrected chi connectivity index (χ0v) is 15.6. The van der Waals surface area contributed by atoms with Crippen molar-refractivity contribution in [1.82, 2.24) is 0 Å². The van der Waals surface area contributed by atoms with Crippen molar-refractivity contribution < 1.29 is 9.90 Å². The van der Waals surface area contributed by atoms with Crippen LogP contribution >= 0.6 is 23.1 Å². The van der Waals surface area contributed by atoms with Crippen molar-refractivity contribution in [1.29, 1.82) is 5.26 Å². The predicted octanol–water partition coefficient (Wildman–Crippen LogP) is 3.90. The molecule has 2 N–H and O–H groups in total. The Hall–Kier alpha value is -1.81. The number of thiophene rings is 1. The van der Waals surface area contributed by atoms with Crippen LogP contribution in [0, 0.1) is 11.3 Å². The standard InChI is InChI=1S/C19H20N2O2S2/c1-12(24-11-16(22)13-6-3-2-4-7-13)18(23)21-19-15(10-20)14-8-5-9-17(14)25-19/h2-4,6-7,12,16,22H,5,8-9,11H2,1H3,(H,21,23). The minimum Gasteiger partial charge on any atom is -0.388 e. The fraction of sp³-hybridized carbons (Fsp3) is 0.368. The highest BCUT2D eigenvalue weighted by Crippen LogP contribution is 2.38. The molecule has 0 fully saturated rings. The van der Waals surface area contributed by atoms with E-state index in [0.29, 0.717) is 16.3 Å². The molecule has 1 amide bonds. The Kier molecular flexibility index (Phi) is 5.79. The van der Waals surface area contributed by atoms with Gasteiger partial charge in [0.05, 0.1) is 16.9 Å². The van der Waals surface area contributed by atoms with Crippen LogP contribution in [0.2, 0.25) is 0 Å². The van der Waals surface area contributed by atoms with E-state index in [0.717, 1.165) is 30.4 Å². The van der Waals surface area contributed by atoms with Gasteiger partial charge in [-0.1, -0.05) is 30.3 Å². The van der Waals surface area contributed by atoms with Crippen LogP contribution in [0.1, 0.15) is 41.0 Å². The van der Waals surface area contributed by atoms with Gasteiger partial charge in [-0.25, -0.2) is 0 Å². The van der Waals surface area contributed by atoms with Crippen LogP contribution in [-0.2, 0) is 17.6 Å². The first-order chi connectivity index (χ1) is 12.1. The van der Waals surface area contributed by atoms with Crippen molar-refractivity contribution in [2.24, 2.45) is 0 Å². The first-order valence-electron chi connectivity index (χ1n) is 8.30. The molecule has 1 aliphatic carbocycles. The number of hydrogen-bond donors (Lipinski definition) is 2. The molecule has 2 aromatic rings. The highest BCUT2D eigenvalue weighted by molar-refractivity contribution is 8.00. The summed E-state index contributed by atoms with van der Waals surface area (Å²) in [5.74, 6) is 0.326. The average Bonchev–Trinajstić information content (AvgIpc) is 3.20. The molecule has 6 heteroatoms. The monoisotopic (exact) mass is 372 g/mol. The summed E-state index contributed by atoms with van der Waals surface area (Å²) in [5.41, 5.74) is 2.60. The molecule has 2 unspecified atom stereocenters. The topological polar surface area (TPSA) is 73.1 Å². The summed E-state index contributed by atoms with van der Waals surface area (Å²) in [4.78, 5) is 13.7. The van der Waals surface area contributed by atoms with E-state index in [2.05, 4.69) is 11.4 Å². The van der Waals surface area contributed by atoms with Crippen molar-refractivity contribution in [2.75, 3.05) is 11.1 Å². The molecule has 0 bridgehead atoms. The number of carbonyl (C=O) groups excluding carboxylic acids is 1. The van der Waals surface area contributed by atoms with Crippen LogP contribution in [-0.4, -0.2) is 22.0 Å². The molecule has 0 spiro atoms. The van der Waals surface area contributed by atoms with Crippen molar-refractivity contribution >= 4 is 34.0 Å². The Morgan fingerprint density at radius 1 is 1.40 bits per heavy atom. The number of nitrogens with one attached hydrogen (secondary N) is 1. The van der Waals surface area contributed by atoms with Gasteiger partial charge in [0.25, 0.3) is 0 Å². The SMILES string of the molecule is CC(SCC(O)c1ccccc1)C(=O)Nc1sc2c(c1C#N)CCC2. The van der Waals surface area contributed by atoms with E-state index < -0.39 is 6.10 Å². The number of nitriles is 1. The largest absolute Gasteiger partial charge is 0.388 e.